The lowest BCUT2D eigenvalue weighted by molar-refractivity contribution is -0.123. The summed E-state index contributed by atoms with van der Waals surface area (Å²) in [5.74, 6) is -0.930. The Bertz CT molecular complexity index is 786. The van der Waals surface area contributed by atoms with Crippen molar-refractivity contribution in [3.63, 3.8) is 0 Å². The van der Waals surface area contributed by atoms with Gasteiger partial charge in [-0.15, -0.1) is 0 Å². The molecule has 5 heteroatoms. The van der Waals surface area contributed by atoms with E-state index < -0.39 is 18.0 Å². The van der Waals surface area contributed by atoms with Crippen molar-refractivity contribution in [1.82, 2.24) is 0 Å². The zero-order valence-corrected chi connectivity index (χ0v) is 14.9. The Kier molecular flexibility index (Phi) is 5.62. The van der Waals surface area contributed by atoms with Crippen molar-refractivity contribution in [3.8, 4) is 0 Å². The van der Waals surface area contributed by atoms with Crippen LogP contribution >= 0.6 is 11.6 Å². The Morgan fingerprint density at radius 3 is 2.33 bits per heavy atom. The van der Waals surface area contributed by atoms with Gasteiger partial charge in [0.25, 0.3) is 5.91 Å². The summed E-state index contributed by atoms with van der Waals surface area (Å²) in [5, 5.41) is 3.25. The molecule has 2 aromatic carbocycles. The SMILES string of the molecule is Cc1ccc(C(=O)O[C@@H](C)C(=O)Nc2cc(Cl)ccc2C)cc1C. The minimum atomic E-state index is -0.919. The summed E-state index contributed by atoms with van der Waals surface area (Å²) in [6.07, 6.45) is -0.919. The molecule has 0 unspecified atom stereocenters. The van der Waals surface area contributed by atoms with E-state index in [4.69, 9.17) is 16.3 Å². The number of ether oxygens (including phenoxy) is 1. The van der Waals surface area contributed by atoms with E-state index in [1.807, 2.05) is 32.9 Å². The number of rotatable bonds is 4. The molecule has 0 saturated heterocycles. The molecule has 2 aromatic rings. The number of hydrogen-bond donors (Lipinski definition) is 1. The molecule has 0 aliphatic rings. The number of carbonyl (C=O) groups excluding carboxylic acids is 2. The van der Waals surface area contributed by atoms with Crippen LogP contribution in [0.25, 0.3) is 0 Å². The quantitative estimate of drug-likeness (QED) is 0.833. The highest BCUT2D eigenvalue weighted by molar-refractivity contribution is 6.31. The Morgan fingerprint density at radius 2 is 1.67 bits per heavy atom. The Labute approximate surface area is 146 Å². The molecule has 0 bridgehead atoms. The zero-order chi connectivity index (χ0) is 17.9. The lowest BCUT2D eigenvalue weighted by atomic mass is 10.1. The van der Waals surface area contributed by atoms with E-state index in [0.717, 1.165) is 16.7 Å². The number of nitrogens with one attached hydrogen (secondary N) is 1. The average Bonchev–Trinajstić information content (AvgIpc) is 2.53. The molecule has 0 fully saturated rings. The second-order valence-corrected chi connectivity index (χ2v) is 6.23. The van der Waals surface area contributed by atoms with Crippen LogP contribution in [0.4, 0.5) is 5.69 Å². The van der Waals surface area contributed by atoms with Crippen molar-refractivity contribution in [2.45, 2.75) is 33.8 Å². The van der Waals surface area contributed by atoms with Crippen LogP contribution in [-0.2, 0) is 9.53 Å². The van der Waals surface area contributed by atoms with Gasteiger partial charge < -0.3 is 10.1 Å². The molecule has 1 atom stereocenters. The first-order chi connectivity index (χ1) is 11.3. The summed E-state index contributed by atoms with van der Waals surface area (Å²) in [6.45, 7) is 7.28. The summed E-state index contributed by atoms with van der Waals surface area (Å²) >= 11 is 5.94. The maximum Gasteiger partial charge on any atom is 0.338 e. The number of aryl methyl sites for hydroxylation is 3. The second kappa shape index (κ2) is 7.49. The van der Waals surface area contributed by atoms with Crippen LogP contribution in [0.2, 0.25) is 5.02 Å². The van der Waals surface area contributed by atoms with E-state index in [1.165, 1.54) is 6.92 Å². The average molecular weight is 346 g/mol. The number of carbonyl (C=O) groups is 2. The molecule has 0 saturated carbocycles. The highest BCUT2D eigenvalue weighted by Crippen LogP contribution is 2.20. The van der Waals surface area contributed by atoms with Gasteiger partial charge in [0, 0.05) is 10.7 Å². The zero-order valence-electron chi connectivity index (χ0n) is 14.1. The van der Waals surface area contributed by atoms with Crippen LogP contribution in [0.3, 0.4) is 0 Å². The first-order valence-electron chi connectivity index (χ1n) is 7.63. The molecule has 0 radical (unpaired) electrons. The van der Waals surface area contributed by atoms with Crippen molar-refractivity contribution in [2.24, 2.45) is 0 Å². The fourth-order valence-corrected chi connectivity index (χ4v) is 2.29. The predicted molar refractivity (Wildman–Crippen MR) is 95.6 cm³/mol. The molecule has 2 rings (SSSR count). The summed E-state index contributed by atoms with van der Waals surface area (Å²) < 4.78 is 5.25. The number of benzene rings is 2. The van der Waals surface area contributed by atoms with Gasteiger partial charge in [-0.1, -0.05) is 23.7 Å². The molecule has 0 aliphatic heterocycles. The third-order valence-corrected chi connectivity index (χ3v) is 4.09. The van der Waals surface area contributed by atoms with E-state index in [-0.39, 0.29) is 0 Å². The molecule has 0 spiro atoms. The Balaban J connectivity index is 2.04. The molecule has 24 heavy (non-hydrogen) atoms. The summed E-state index contributed by atoms with van der Waals surface area (Å²) in [5.41, 5.74) is 3.99. The van der Waals surface area contributed by atoms with Crippen LogP contribution in [0.1, 0.15) is 34.0 Å². The molecular formula is C19H20ClNO3. The summed E-state index contributed by atoms with van der Waals surface area (Å²) in [6, 6.07) is 10.5. The maximum absolute atomic E-state index is 12.2. The van der Waals surface area contributed by atoms with E-state index >= 15 is 0 Å². The fourth-order valence-electron chi connectivity index (χ4n) is 2.11. The smallest absolute Gasteiger partial charge is 0.338 e. The number of esters is 1. The molecule has 1 amide bonds. The first kappa shape index (κ1) is 18.0. The van der Waals surface area contributed by atoms with Crippen molar-refractivity contribution in [2.75, 3.05) is 5.32 Å². The lowest BCUT2D eigenvalue weighted by Gasteiger charge is -2.15. The van der Waals surface area contributed by atoms with Crippen LogP contribution in [0, 0.1) is 20.8 Å². The fraction of sp³-hybridized carbons (Fsp3) is 0.263. The Morgan fingerprint density at radius 1 is 1.00 bits per heavy atom. The van der Waals surface area contributed by atoms with Gasteiger partial charge in [-0.3, -0.25) is 4.79 Å². The van der Waals surface area contributed by atoms with Crippen molar-refractivity contribution in [1.29, 1.82) is 0 Å². The van der Waals surface area contributed by atoms with Gasteiger partial charge in [-0.2, -0.15) is 0 Å². The number of anilines is 1. The second-order valence-electron chi connectivity index (χ2n) is 5.80. The highest BCUT2D eigenvalue weighted by Gasteiger charge is 2.20. The van der Waals surface area contributed by atoms with Crippen LogP contribution in [0.15, 0.2) is 36.4 Å². The van der Waals surface area contributed by atoms with Crippen molar-refractivity contribution >= 4 is 29.2 Å². The maximum atomic E-state index is 12.2. The molecule has 1 N–H and O–H groups in total. The van der Waals surface area contributed by atoms with E-state index in [9.17, 15) is 9.59 Å². The Hall–Kier alpha value is -2.33. The monoisotopic (exact) mass is 345 g/mol. The standard InChI is InChI=1S/C19H20ClNO3/c1-11-5-7-15(9-13(11)3)19(23)24-14(4)18(22)21-17-10-16(20)8-6-12(17)2/h5-10,14H,1-4H3,(H,21,22)/t14-/m0/s1. The van der Waals surface area contributed by atoms with Gasteiger partial charge in [0.2, 0.25) is 0 Å². The molecule has 0 heterocycles. The summed E-state index contributed by atoms with van der Waals surface area (Å²) in [4.78, 5) is 24.4. The molecule has 0 aliphatic carbocycles. The topological polar surface area (TPSA) is 55.4 Å². The molecule has 0 aromatic heterocycles. The largest absolute Gasteiger partial charge is 0.449 e. The number of hydrogen-bond acceptors (Lipinski definition) is 3. The van der Waals surface area contributed by atoms with E-state index in [2.05, 4.69) is 5.32 Å². The molecule has 4 nitrogen and oxygen atoms in total. The van der Waals surface area contributed by atoms with E-state index in [1.54, 1.807) is 24.3 Å². The number of amides is 1. The van der Waals surface area contributed by atoms with Crippen LogP contribution < -0.4 is 5.32 Å². The highest BCUT2D eigenvalue weighted by atomic mass is 35.5. The van der Waals surface area contributed by atoms with Gasteiger partial charge in [-0.05, 0) is 68.7 Å². The minimum absolute atomic E-state index is 0.405. The van der Waals surface area contributed by atoms with Crippen LogP contribution in [-0.4, -0.2) is 18.0 Å². The van der Waals surface area contributed by atoms with Gasteiger partial charge in [0.15, 0.2) is 6.10 Å². The van der Waals surface area contributed by atoms with Gasteiger partial charge in [0.05, 0.1) is 5.56 Å². The van der Waals surface area contributed by atoms with Crippen LogP contribution in [0.5, 0.6) is 0 Å². The lowest BCUT2D eigenvalue weighted by Crippen LogP contribution is -2.30. The number of halogens is 1. The predicted octanol–water partition coefficient (Wildman–Crippen LogP) is 4.45. The van der Waals surface area contributed by atoms with Gasteiger partial charge in [-0.25, -0.2) is 4.79 Å². The molecular weight excluding hydrogens is 326 g/mol. The van der Waals surface area contributed by atoms with E-state index in [0.29, 0.717) is 16.3 Å². The third-order valence-electron chi connectivity index (χ3n) is 3.85. The van der Waals surface area contributed by atoms with Crippen molar-refractivity contribution < 1.29 is 14.3 Å². The third kappa shape index (κ3) is 4.36. The van der Waals surface area contributed by atoms with Gasteiger partial charge in [0.1, 0.15) is 0 Å². The van der Waals surface area contributed by atoms with Gasteiger partial charge >= 0.3 is 5.97 Å². The normalized spacial score (nSPS) is 11.7. The molecule has 126 valence electrons. The first-order valence-corrected chi connectivity index (χ1v) is 8.01. The minimum Gasteiger partial charge on any atom is -0.449 e. The summed E-state index contributed by atoms with van der Waals surface area (Å²) in [7, 11) is 0. The van der Waals surface area contributed by atoms with Crippen molar-refractivity contribution in [3.05, 3.63) is 63.7 Å².